The van der Waals surface area contributed by atoms with Gasteiger partial charge in [0.1, 0.15) is 11.6 Å². The van der Waals surface area contributed by atoms with Crippen LogP contribution in [-0.2, 0) is 29.3 Å². The van der Waals surface area contributed by atoms with Crippen LogP contribution < -0.4 is 10.6 Å². The summed E-state index contributed by atoms with van der Waals surface area (Å²) >= 11 is 1.26. The van der Waals surface area contributed by atoms with Crippen LogP contribution in [0.2, 0.25) is 0 Å². The van der Waals surface area contributed by atoms with Crippen LogP contribution in [0.3, 0.4) is 0 Å². The zero-order chi connectivity index (χ0) is 32.0. The first-order valence-corrected chi connectivity index (χ1v) is 15.5. The maximum absolute atomic E-state index is 15.2. The molecule has 0 aliphatic carbocycles. The maximum atomic E-state index is 15.2. The summed E-state index contributed by atoms with van der Waals surface area (Å²) in [7, 11) is 1.56. The largest absolute Gasteiger partial charge is 0.417 e. The molecule has 0 bridgehead atoms. The minimum Gasteiger partial charge on any atom is -0.380 e. The Labute approximate surface area is 259 Å². The number of aryl methyl sites for hydroxylation is 1. The Kier molecular flexibility index (Phi) is 6.82. The van der Waals surface area contributed by atoms with E-state index in [1.165, 1.54) is 39.4 Å². The van der Waals surface area contributed by atoms with E-state index in [0.717, 1.165) is 12.1 Å². The predicted octanol–water partition coefficient (Wildman–Crippen LogP) is 4.84. The third-order valence-corrected chi connectivity index (χ3v) is 10.5. The van der Waals surface area contributed by atoms with Crippen molar-refractivity contribution in [3.8, 4) is 11.1 Å². The third kappa shape index (κ3) is 4.55. The molecule has 45 heavy (non-hydrogen) atoms. The number of ether oxygens (including phenoxy) is 1. The van der Waals surface area contributed by atoms with Crippen molar-refractivity contribution in [3.63, 3.8) is 0 Å². The number of piperazine rings is 1. The van der Waals surface area contributed by atoms with E-state index in [9.17, 15) is 14.0 Å². The standard InChI is InChI=1S/C31H30F4N6O3S/c1-5-23(42)41-16(2)10-39(11-17(41)3)28-19-8-21(31(33,34)35)24(18-6-7-22(32)20-9-36-38(4)25(18)20)27-26(19)40(29(43)37-28)12-30(15-45-27)13-44-14-30/h5-9,16-17H,1,10-15H2,2-4H3. The molecule has 4 aromatic rings. The van der Waals surface area contributed by atoms with Crippen molar-refractivity contribution in [3.05, 3.63) is 58.9 Å². The quantitative estimate of drug-likeness (QED) is 0.234. The van der Waals surface area contributed by atoms with Gasteiger partial charge in [-0.25, -0.2) is 9.18 Å². The van der Waals surface area contributed by atoms with E-state index < -0.39 is 28.7 Å². The Morgan fingerprint density at radius 2 is 1.87 bits per heavy atom. The Bertz CT molecular complexity index is 1960. The van der Waals surface area contributed by atoms with Crippen LogP contribution in [0.15, 0.2) is 46.7 Å². The fraction of sp³-hybridized carbons (Fsp3) is 0.419. The van der Waals surface area contributed by atoms with Crippen molar-refractivity contribution < 1.29 is 27.1 Å². The normalized spacial score (nSPS) is 21.3. The van der Waals surface area contributed by atoms with Gasteiger partial charge in [-0.2, -0.15) is 23.3 Å². The molecule has 0 radical (unpaired) electrons. The van der Waals surface area contributed by atoms with E-state index in [0.29, 0.717) is 24.5 Å². The molecule has 2 aromatic heterocycles. The lowest BCUT2D eigenvalue weighted by atomic mass is 9.88. The van der Waals surface area contributed by atoms with Crippen LogP contribution in [0.25, 0.3) is 32.9 Å². The molecule has 2 atom stereocenters. The molecule has 2 unspecified atom stereocenters. The van der Waals surface area contributed by atoms with Crippen LogP contribution in [0.5, 0.6) is 0 Å². The number of hydrogen-bond acceptors (Lipinski definition) is 7. The molecule has 0 saturated carbocycles. The van der Waals surface area contributed by atoms with Gasteiger partial charge in [-0.1, -0.05) is 6.58 Å². The van der Waals surface area contributed by atoms with Gasteiger partial charge in [0.15, 0.2) is 0 Å². The van der Waals surface area contributed by atoms with Gasteiger partial charge in [0.2, 0.25) is 5.91 Å². The predicted molar refractivity (Wildman–Crippen MR) is 163 cm³/mol. The number of nitrogens with zero attached hydrogens (tertiary/aromatic N) is 6. The Morgan fingerprint density at radius 1 is 1.16 bits per heavy atom. The topological polar surface area (TPSA) is 85.5 Å². The highest BCUT2D eigenvalue weighted by Gasteiger charge is 2.45. The second-order valence-corrected chi connectivity index (χ2v) is 13.3. The molecule has 1 spiro atoms. The zero-order valence-electron chi connectivity index (χ0n) is 24.8. The average molecular weight is 643 g/mol. The van der Waals surface area contributed by atoms with Crippen molar-refractivity contribution in [1.82, 2.24) is 24.2 Å². The first kappa shape index (κ1) is 29.8. The molecule has 2 fully saturated rings. The van der Waals surface area contributed by atoms with Crippen LogP contribution in [0.1, 0.15) is 19.4 Å². The monoisotopic (exact) mass is 642 g/mol. The number of carbonyl (C=O) groups excluding carboxylic acids is 1. The van der Waals surface area contributed by atoms with Gasteiger partial charge in [0, 0.05) is 71.3 Å². The average Bonchev–Trinajstić information content (AvgIpc) is 3.25. The molecule has 1 amide bonds. The molecule has 236 valence electrons. The van der Waals surface area contributed by atoms with Crippen molar-refractivity contribution in [1.29, 1.82) is 0 Å². The number of halogens is 4. The highest BCUT2D eigenvalue weighted by molar-refractivity contribution is 7.99. The lowest BCUT2D eigenvalue weighted by Crippen LogP contribution is -2.58. The van der Waals surface area contributed by atoms with E-state index in [-0.39, 0.29) is 75.8 Å². The van der Waals surface area contributed by atoms with Gasteiger partial charge < -0.3 is 14.5 Å². The molecule has 2 aromatic carbocycles. The molecule has 7 rings (SSSR count). The van der Waals surface area contributed by atoms with E-state index in [1.54, 1.807) is 16.8 Å². The van der Waals surface area contributed by atoms with Gasteiger partial charge in [0.05, 0.1) is 41.4 Å². The number of alkyl halides is 3. The highest BCUT2D eigenvalue weighted by atomic mass is 32.2. The summed E-state index contributed by atoms with van der Waals surface area (Å²) in [5.41, 5.74) is -1.33. The number of thioether (sulfide) groups is 1. The molecule has 14 heteroatoms. The van der Waals surface area contributed by atoms with Crippen molar-refractivity contribution in [2.75, 3.05) is 37.0 Å². The Balaban J connectivity index is 1.55. The van der Waals surface area contributed by atoms with Gasteiger partial charge in [0.25, 0.3) is 0 Å². The van der Waals surface area contributed by atoms with Crippen molar-refractivity contribution in [2.24, 2.45) is 12.5 Å². The van der Waals surface area contributed by atoms with Gasteiger partial charge in [-0.05, 0) is 38.1 Å². The molecular weight excluding hydrogens is 612 g/mol. The van der Waals surface area contributed by atoms with E-state index >= 15 is 13.2 Å². The minimum atomic E-state index is -4.81. The SMILES string of the molecule is C=CC(=O)N1C(C)CN(c2nc(=O)n3c4c(c(-c5ccc(F)c6cnn(C)c56)c(C(F)(F)F)cc24)SCC2(COC2)C3)CC1C. The van der Waals surface area contributed by atoms with Crippen LogP contribution >= 0.6 is 11.8 Å². The maximum Gasteiger partial charge on any atom is 0.417 e. The molecule has 3 aliphatic heterocycles. The van der Waals surface area contributed by atoms with Gasteiger partial charge in [-0.3, -0.25) is 14.0 Å². The van der Waals surface area contributed by atoms with Crippen LogP contribution in [0, 0.1) is 11.2 Å². The number of fused-ring (bicyclic) bond motifs is 1. The van der Waals surface area contributed by atoms with Crippen molar-refractivity contribution in [2.45, 2.75) is 43.5 Å². The highest BCUT2D eigenvalue weighted by Crippen LogP contribution is 2.52. The van der Waals surface area contributed by atoms with E-state index in [1.807, 2.05) is 13.8 Å². The van der Waals surface area contributed by atoms with E-state index in [2.05, 4.69) is 16.7 Å². The fourth-order valence-corrected chi connectivity index (χ4v) is 8.51. The minimum absolute atomic E-state index is 0.0978. The third-order valence-electron chi connectivity index (χ3n) is 9.10. The molecule has 5 heterocycles. The lowest BCUT2D eigenvalue weighted by molar-refractivity contribution is -0.137. The summed E-state index contributed by atoms with van der Waals surface area (Å²) in [5, 5.41) is 4.43. The molecule has 9 nitrogen and oxygen atoms in total. The second kappa shape index (κ2) is 10.3. The van der Waals surface area contributed by atoms with Gasteiger partial charge >= 0.3 is 11.9 Å². The number of anilines is 1. The first-order chi connectivity index (χ1) is 21.3. The zero-order valence-corrected chi connectivity index (χ0v) is 25.6. The number of amides is 1. The summed E-state index contributed by atoms with van der Waals surface area (Å²) < 4.78 is 68.8. The van der Waals surface area contributed by atoms with Gasteiger partial charge in [-0.15, -0.1) is 11.8 Å². The first-order valence-electron chi connectivity index (χ1n) is 14.5. The number of hydrogen-bond donors (Lipinski definition) is 0. The van der Waals surface area contributed by atoms with Crippen molar-refractivity contribution >= 4 is 45.3 Å². The number of aromatic nitrogens is 4. The molecule has 2 saturated heterocycles. The molecule has 0 N–H and O–H groups in total. The summed E-state index contributed by atoms with van der Waals surface area (Å²) in [4.78, 5) is 34.6. The second-order valence-electron chi connectivity index (χ2n) is 12.3. The lowest BCUT2D eigenvalue weighted by Gasteiger charge is -2.44. The number of benzene rings is 2. The Hall–Kier alpha value is -3.91. The van der Waals surface area contributed by atoms with Crippen LogP contribution in [-0.4, -0.2) is 74.3 Å². The number of rotatable bonds is 3. The number of carbonyl (C=O) groups is 1. The summed E-state index contributed by atoms with van der Waals surface area (Å²) in [6, 6.07) is 2.93. The van der Waals surface area contributed by atoms with Crippen LogP contribution in [0.4, 0.5) is 23.4 Å². The molecular formula is C31H30F4N6O3S. The summed E-state index contributed by atoms with van der Waals surface area (Å²) in [5.74, 6) is -0.287. The fourth-order valence-electron chi connectivity index (χ4n) is 7.08. The smallest absolute Gasteiger partial charge is 0.380 e. The summed E-state index contributed by atoms with van der Waals surface area (Å²) in [6.07, 6.45) is -2.27. The summed E-state index contributed by atoms with van der Waals surface area (Å²) in [6.45, 7) is 8.75. The molecule has 3 aliphatic rings. The van der Waals surface area contributed by atoms with E-state index in [4.69, 9.17) is 4.74 Å². The Morgan fingerprint density at radius 3 is 2.49 bits per heavy atom.